The largest absolute Gasteiger partial charge is 0.444 e. The molecule has 1 aromatic carbocycles. The number of aromatic nitrogens is 2. The Morgan fingerprint density at radius 1 is 1.26 bits per heavy atom. The second kappa shape index (κ2) is 9.32. The van der Waals surface area contributed by atoms with Gasteiger partial charge in [0.25, 0.3) is 0 Å². The third kappa shape index (κ3) is 5.71. The molecule has 1 unspecified atom stereocenters. The quantitative estimate of drug-likeness (QED) is 0.694. The molecule has 2 aromatic rings. The third-order valence-electron chi connectivity index (χ3n) is 4.99. The first kappa shape index (κ1) is 22.5. The van der Waals surface area contributed by atoms with E-state index in [2.05, 4.69) is 5.10 Å². The van der Waals surface area contributed by atoms with Gasteiger partial charge in [-0.2, -0.15) is 5.10 Å². The van der Waals surface area contributed by atoms with Crippen LogP contribution in [0.5, 0.6) is 0 Å². The van der Waals surface area contributed by atoms with Crippen molar-refractivity contribution in [2.24, 2.45) is 0 Å². The number of carbonyl (C=O) groups excluding carboxylic acids is 2. The normalized spacial score (nSPS) is 17.3. The third-order valence-corrected chi connectivity index (χ3v) is 4.99. The fourth-order valence-electron chi connectivity index (χ4n) is 3.54. The van der Waals surface area contributed by atoms with Crippen LogP contribution >= 0.6 is 0 Å². The molecule has 0 radical (unpaired) electrons. The number of carbonyl (C=O) groups is 2. The molecule has 0 aliphatic carbocycles. The fourth-order valence-corrected chi connectivity index (χ4v) is 3.54. The lowest BCUT2D eigenvalue weighted by Gasteiger charge is -2.41. The summed E-state index contributed by atoms with van der Waals surface area (Å²) in [7, 11) is 0. The Kier molecular flexibility index (Phi) is 6.77. The van der Waals surface area contributed by atoms with Gasteiger partial charge in [-0.15, -0.1) is 0 Å². The van der Waals surface area contributed by atoms with Gasteiger partial charge >= 0.3 is 6.09 Å². The minimum Gasteiger partial charge on any atom is -0.444 e. The highest BCUT2D eigenvalue weighted by Gasteiger charge is 2.34. The molecule has 3 rings (SSSR count). The topological polar surface area (TPSA) is 67.7 Å². The average Bonchev–Trinajstić information content (AvgIpc) is 3.18. The highest BCUT2D eigenvalue weighted by Crippen LogP contribution is 2.27. The van der Waals surface area contributed by atoms with Crippen LogP contribution in [0.15, 0.2) is 42.6 Å². The van der Waals surface area contributed by atoms with Crippen molar-refractivity contribution in [1.82, 2.24) is 19.6 Å². The molecule has 1 saturated heterocycles. The maximum atomic E-state index is 13.9. The molecule has 1 aromatic heterocycles. The number of halogens is 1. The molecule has 2 amide bonds. The zero-order chi connectivity index (χ0) is 22.6. The predicted octanol–water partition coefficient (Wildman–Crippen LogP) is 3.88. The molecule has 1 atom stereocenters. The van der Waals surface area contributed by atoms with E-state index < -0.39 is 17.7 Å². The van der Waals surface area contributed by atoms with Crippen LogP contribution in [0.4, 0.5) is 9.18 Å². The lowest BCUT2D eigenvalue weighted by Crippen LogP contribution is -2.53. The van der Waals surface area contributed by atoms with Gasteiger partial charge in [0.15, 0.2) is 0 Å². The summed E-state index contributed by atoms with van der Waals surface area (Å²) in [5, 5.41) is 4.20. The van der Waals surface area contributed by atoms with Gasteiger partial charge in [0.05, 0.1) is 11.7 Å². The van der Waals surface area contributed by atoms with Crippen molar-refractivity contribution in [3.8, 4) is 0 Å². The Hall–Kier alpha value is -3.16. The summed E-state index contributed by atoms with van der Waals surface area (Å²) in [6.07, 6.45) is 4.46. The number of ether oxygens (including phenoxy) is 1. The maximum absolute atomic E-state index is 13.9. The van der Waals surface area contributed by atoms with E-state index >= 15 is 0 Å². The number of piperazine rings is 1. The minimum atomic E-state index is -0.622. The van der Waals surface area contributed by atoms with Gasteiger partial charge < -0.3 is 14.5 Å². The van der Waals surface area contributed by atoms with Crippen LogP contribution in [0.1, 0.15) is 45.0 Å². The van der Waals surface area contributed by atoms with Gasteiger partial charge in [0.2, 0.25) is 5.91 Å². The van der Waals surface area contributed by atoms with E-state index in [-0.39, 0.29) is 18.3 Å². The Morgan fingerprint density at radius 2 is 2.03 bits per heavy atom. The lowest BCUT2D eigenvalue weighted by molar-refractivity contribution is -0.131. The number of amides is 2. The van der Waals surface area contributed by atoms with Crippen LogP contribution in [0.3, 0.4) is 0 Å². The molecular weight excluding hydrogens is 399 g/mol. The van der Waals surface area contributed by atoms with Gasteiger partial charge in [-0.05, 0) is 57.5 Å². The van der Waals surface area contributed by atoms with Crippen molar-refractivity contribution in [2.45, 2.75) is 45.9 Å². The summed E-state index contributed by atoms with van der Waals surface area (Å²) in [5.74, 6) is -0.594. The van der Waals surface area contributed by atoms with Crippen molar-refractivity contribution < 1.29 is 18.7 Å². The lowest BCUT2D eigenvalue weighted by atomic mass is 10.0. The number of hydrogen-bond donors (Lipinski definition) is 0. The van der Waals surface area contributed by atoms with E-state index in [0.29, 0.717) is 25.2 Å². The highest BCUT2D eigenvalue weighted by molar-refractivity contribution is 5.92. The zero-order valence-electron chi connectivity index (χ0n) is 18.4. The number of benzene rings is 1. The molecular formula is C23H29FN4O3. The molecule has 0 saturated carbocycles. The van der Waals surface area contributed by atoms with Gasteiger partial charge in [-0.25, -0.2) is 9.18 Å². The first-order valence-electron chi connectivity index (χ1n) is 10.4. The molecule has 1 aliphatic heterocycles. The summed E-state index contributed by atoms with van der Waals surface area (Å²) in [4.78, 5) is 28.9. The van der Waals surface area contributed by atoms with Gasteiger partial charge in [0, 0.05) is 38.5 Å². The van der Waals surface area contributed by atoms with Crippen LogP contribution in [0.25, 0.3) is 6.08 Å². The number of nitrogens with zero attached hydrogens (tertiary/aromatic N) is 4. The minimum absolute atomic E-state index is 0.207. The Balaban J connectivity index is 1.83. The second-order valence-corrected chi connectivity index (χ2v) is 8.43. The van der Waals surface area contributed by atoms with Crippen molar-refractivity contribution in [1.29, 1.82) is 0 Å². The van der Waals surface area contributed by atoms with Crippen LogP contribution in [-0.2, 0) is 16.1 Å². The standard InChI is InChI=1S/C23H29FN4O3/c1-5-28-19(11-12-25-28)9-10-21(29)27-14-13-26(22(30)31-23(2,3)4)16-20(27)17-7-6-8-18(24)15-17/h6-12,15,20H,5,13-14,16H2,1-4H3/b10-9-. The molecule has 0 bridgehead atoms. The van der Waals surface area contributed by atoms with Crippen molar-refractivity contribution in [3.05, 3.63) is 59.7 Å². The molecule has 31 heavy (non-hydrogen) atoms. The van der Waals surface area contributed by atoms with Crippen molar-refractivity contribution in [3.63, 3.8) is 0 Å². The van der Waals surface area contributed by atoms with E-state index in [9.17, 15) is 14.0 Å². The Morgan fingerprint density at radius 3 is 2.71 bits per heavy atom. The SMILES string of the molecule is CCn1nccc1/C=C\C(=O)N1CCN(C(=O)OC(C)(C)C)CC1c1cccc(F)c1. The first-order chi connectivity index (χ1) is 14.7. The van der Waals surface area contributed by atoms with E-state index in [1.807, 2.05) is 13.0 Å². The second-order valence-electron chi connectivity index (χ2n) is 8.43. The molecule has 7 nitrogen and oxygen atoms in total. The molecule has 1 aliphatic rings. The van der Waals surface area contributed by atoms with E-state index in [0.717, 1.165) is 5.69 Å². The first-order valence-corrected chi connectivity index (χ1v) is 10.4. The van der Waals surface area contributed by atoms with Crippen LogP contribution < -0.4 is 0 Å². The Labute approximate surface area is 182 Å². The smallest absolute Gasteiger partial charge is 0.410 e. The van der Waals surface area contributed by atoms with Crippen LogP contribution in [0.2, 0.25) is 0 Å². The summed E-state index contributed by atoms with van der Waals surface area (Å²) < 4.78 is 21.2. The number of aryl methyl sites for hydroxylation is 1. The molecule has 8 heteroatoms. The predicted molar refractivity (Wildman–Crippen MR) is 116 cm³/mol. The van der Waals surface area contributed by atoms with Crippen LogP contribution in [0, 0.1) is 5.82 Å². The summed E-state index contributed by atoms with van der Waals surface area (Å²) >= 11 is 0. The van der Waals surface area contributed by atoms with Gasteiger partial charge in [-0.1, -0.05) is 12.1 Å². The highest BCUT2D eigenvalue weighted by atomic mass is 19.1. The van der Waals surface area contributed by atoms with E-state index in [4.69, 9.17) is 4.74 Å². The number of rotatable bonds is 4. The summed E-state index contributed by atoms with van der Waals surface area (Å²) in [6, 6.07) is 7.48. The molecule has 2 heterocycles. The molecule has 166 valence electrons. The average molecular weight is 429 g/mol. The van der Waals surface area contributed by atoms with Crippen molar-refractivity contribution in [2.75, 3.05) is 19.6 Å². The Bertz CT molecular complexity index is 964. The molecule has 0 spiro atoms. The molecule has 1 fully saturated rings. The molecule has 0 N–H and O–H groups in total. The fraction of sp³-hybridized carbons (Fsp3) is 0.435. The van der Waals surface area contributed by atoms with E-state index in [1.54, 1.807) is 59.7 Å². The van der Waals surface area contributed by atoms with Crippen LogP contribution in [-0.4, -0.2) is 56.8 Å². The zero-order valence-corrected chi connectivity index (χ0v) is 18.4. The summed E-state index contributed by atoms with van der Waals surface area (Å²) in [5.41, 5.74) is 0.836. The van der Waals surface area contributed by atoms with Gasteiger partial charge in [-0.3, -0.25) is 9.48 Å². The maximum Gasteiger partial charge on any atom is 0.410 e. The van der Waals surface area contributed by atoms with Gasteiger partial charge in [0.1, 0.15) is 11.4 Å². The van der Waals surface area contributed by atoms with E-state index in [1.165, 1.54) is 18.2 Å². The summed E-state index contributed by atoms with van der Waals surface area (Å²) in [6.45, 7) is 8.97. The van der Waals surface area contributed by atoms with Crippen molar-refractivity contribution >= 4 is 18.1 Å². The monoisotopic (exact) mass is 428 g/mol. The number of hydrogen-bond acceptors (Lipinski definition) is 4.